The van der Waals surface area contributed by atoms with Crippen LogP contribution < -0.4 is 5.73 Å². The molecular formula is C15H22ClNOS. The molecule has 1 aromatic rings. The van der Waals surface area contributed by atoms with E-state index >= 15 is 0 Å². The van der Waals surface area contributed by atoms with Crippen molar-refractivity contribution in [2.24, 2.45) is 11.7 Å². The molecule has 2 heterocycles. The Balaban J connectivity index is 1.72. The largest absolute Gasteiger partial charge is 0.375 e. The van der Waals surface area contributed by atoms with E-state index in [1.807, 2.05) is 11.4 Å². The highest BCUT2D eigenvalue weighted by Crippen LogP contribution is 2.45. The van der Waals surface area contributed by atoms with E-state index in [9.17, 15) is 0 Å². The van der Waals surface area contributed by atoms with Gasteiger partial charge in [0.15, 0.2) is 0 Å². The summed E-state index contributed by atoms with van der Waals surface area (Å²) in [6.07, 6.45) is 8.59. The highest BCUT2D eigenvalue weighted by molar-refractivity contribution is 7.10. The number of hydrogen-bond acceptors (Lipinski definition) is 3. The minimum atomic E-state index is 0.0789. The zero-order chi connectivity index (χ0) is 13.3. The normalized spacial score (nSPS) is 28.4. The van der Waals surface area contributed by atoms with Gasteiger partial charge in [-0.2, -0.15) is 0 Å². The third-order valence-corrected chi connectivity index (χ3v) is 6.21. The first-order valence-electron chi connectivity index (χ1n) is 7.33. The number of rotatable bonds is 2. The lowest BCUT2D eigenvalue weighted by Gasteiger charge is -2.45. The van der Waals surface area contributed by atoms with E-state index < -0.39 is 0 Å². The van der Waals surface area contributed by atoms with Crippen molar-refractivity contribution in [3.8, 4) is 0 Å². The molecule has 1 saturated heterocycles. The fourth-order valence-electron chi connectivity index (χ4n) is 3.67. The lowest BCUT2D eigenvalue weighted by atomic mass is 9.74. The molecule has 2 atom stereocenters. The van der Waals surface area contributed by atoms with Gasteiger partial charge in [-0.1, -0.05) is 30.9 Å². The summed E-state index contributed by atoms with van der Waals surface area (Å²) in [5.74, 6) is 0.517. The molecule has 1 saturated carbocycles. The van der Waals surface area contributed by atoms with Gasteiger partial charge in [-0.05, 0) is 43.0 Å². The Labute approximate surface area is 124 Å². The molecule has 1 aromatic heterocycles. The maximum Gasteiger partial charge on any atom is 0.0686 e. The fraction of sp³-hybridized carbons (Fsp3) is 0.733. The number of nitrogens with two attached hydrogens (primary N) is 1. The topological polar surface area (TPSA) is 35.2 Å². The molecule has 2 aliphatic rings. The van der Waals surface area contributed by atoms with Crippen LogP contribution in [0, 0.1) is 5.92 Å². The third kappa shape index (κ3) is 2.85. The summed E-state index contributed by atoms with van der Waals surface area (Å²) in [7, 11) is 0. The lowest BCUT2D eigenvalue weighted by molar-refractivity contribution is -0.120. The fourth-order valence-corrected chi connectivity index (χ4v) is 4.95. The van der Waals surface area contributed by atoms with Crippen molar-refractivity contribution in [3.05, 3.63) is 21.3 Å². The van der Waals surface area contributed by atoms with Gasteiger partial charge >= 0.3 is 0 Å². The predicted molar refractivity (Wildman–Crippen MR) is 80.7 cm³/mol. The van der Waals surface area contributed by atoms with Crippen LogP contribution in [-0.4, -0.2) is 12.2 Å². The zero-order valence-corrected chi connectivity index (χ0v) is 12.8. The van der Waals surface area contributed by atoms with Crippen molar-refractivity contribution in [1.29, 1.82) is 0 Å². The van der Waals surface area contributed by atoms with E-state index in [0.717, 1.165) is 29.3 Å². The van der Waals surface area contributed by atoms with Gasteiger partial charge in [0.1, 0.15) is 0 Å². The molecule has 2 unspecified atom stereocenters. The van der Waals surface area contributed by atoms with E-state index in [4.69, 9.17) is 22.1 Å². The number of halogens is 1. The highest BCUT2D eigenvalue weighted by atomic mass is 35.5. The van der Waals surface area contributed by atoms with Crippen molar-refractivity contribution in [2.75, 3.05) is 6.61 Å². The van der Waals surface area contributed by atoms with Crippen molar-refractivity contribution in [1.82, 2.24) is 0 Å². The van der Waals surface area contributed by atoms with Crippen LogP contribution in [0.5, 0.6) is 0 Å². The van der Waals surface area contributed by atoms with Crippen LogP contribution in [0.25, 0.3) is 0 Å². The summed E-state index contributed by atoms with van der Waals surface area (Å²) in [6.45, 7) is 0.862. The van der Waals surface area contributed by atoms with Crippen LogP contribution in [0.4, 0.5) is 0 Å². The Kier molecular flexibility index (Phi) is 4.18. The molecule has 2 nitrogen and oxygen atoms in total. The van der Waals surface area contributed by atoms with Crippen LogP contribution in [0.2, 0.25) is 5.02 Å². The van der Waals surface area contributed by atoms with Crippen molar-refractivity contribution in [3.63, 3.8) is 0 Å². The van der Waals surface area contributed by atoms with Crippen LogP contribution in [-0.2, 0) is 4.74 Å². The third-order valence-electron chi connectivity index (χ3n) is 4.75. The summed E-state index contributed by atoms with van der Waals surface area (Å²) in [5, 5.41) is 2.87. The van der Waals surface area contributed by atoms with Gasteiger partial charge in [0.2, 0.25) is 0 Å². The van der Waals surface area contributed by atoms with E-state index in [1.54, 1.807) is 11.3 Å². The highest BCUT2D eigenvalue weighted by Gasteiger charge is 2.40. The monoisotopic (exact) mass is 299 g/mol. The molecule has 0 amide bonds. The lowest BCUT2D eigenvalue weighted by Crippen LogP contribution is -2.43. The molecule has 19 heavy (non-hydrogen) atoms. The van der Waals surface area contributed by atoms with Gasteiger partial charge in [0, 0.05) is 17.5 Å². The van der Waals surface area contributed by atoms with E-state index in [-0.39, 0.29) is 11.6 Å². The molecule has 4 heteroatoms. The Bertz CT molecular complexity index is 422. The molecule has 106 valence electrons. The second kappa shape index (κ2) is 5.72. The van der Waals surface area contributed by atoms with E-state index in [2.05, 4.69) is 0 Å². The first-order valence-corrected chi connectivity index (χ1v) is 8.58. The number of ether oxygens (including phenoxy) is 1. The zero-order valence-electron chi connectivity index (χ0n) is 11.2. The second-order valence-electron chi connectivity index (χ2n) is 6.00. The summed E-state index contributed by atoms with van der Waals surface area (Å²) in [6, 6.07) is 2.03. The maximum absolute atomic E-state index is 6.48. The van der Waals surface area contributed by atoms with Crippen molar-refractivity contribution in [2.45, 2.75) is 56.6 Å². The Morgan fingerprint density at radius 1 is 1.37 bits per heavy atom. The quantitative estimate of drug-likeness (QED) is 0.870. The van der Waals surface area contributed by atoms with Crippen molar-refractivity contribution < 1.29 is 4.74 Å². The maximum atomic E-state index is 6.48. The smallest absolute Gasteiger partial charge is 0.0686 e. The molecule has 0 radical (unpaired) electrons. The molecule has 1 aliphatic carbocycles. The Morgan fingerprint density at radius 3 is 2.84 bits per heavy atom. The summed E-state index contributed by atoms with van der Waals surface area (Å²) in [4.78, 5) is 1.15. The molecule has 1 aliphatic heterocycles. The average Bonchev–Trinajstić information content (AvgIpc) is 2.85. The van der Waals surface area contributed by atoms with Crippen LogP contribution in [0.3, 0.4) is 0 Å². The van der Waals surface area contributed by atoms with Crippen molar-refractivity contribution >= 4 is 22.9 Å². The standard InChI is InChI=1S/C15H22ClNOS/c16-12-5-9-19-14(12)13(17)11-4-8-18-15(10-11)6-2-1-3-7-15/h5,9,11,13H,1-4,6-8,10,17H2. The first kappa shape index (κ1) is 13.9. The molecule has 2 N–H and O–H groups in total. The molecule has 2 fully saturated rings. The van der Waals surface area contributed by atoms with Gasteiger partial charge in [-0.3, -0.25) is 0 Å². The minimum absolute atomic E-state index is 0.0789. The minimum Gasteiger partial charge on any atom is -0.375 e. The molecule has 1 spiro atoms. The van der Waals surface area contributed by atoms with E-state index in [1.165, 1.54) is 32.1 Å². The molecule has 0 bridgehead atoms. The second-order valence-corrected chi connectivity index (χ2v) is 7.36. The van der Waals surface area contributed by atoms with Gasteiger partial charge in [0.25, 0.3) is 0 Å². The predicted octanol–water partition coefficient (Wildman–Crippen LogP) is 4.53. The number of thiophene rings is 1. The van der Waals surface area contributed by atoms with Crippen LogP contribution in [0.1, 0.15) is 55.9 Å². The van der Waals surface area contributed by atoms with Gasteiger partial charge in [0.05, 0.1) is 10.6 Å². The number of hydrogen-bond donors (Lipinski definition) is 1. The SMILES string of the molecule is NC(c1sccc1Cl)C1CCOC2(CCCCC2)C1. The summed E-state index contributed by atoms with van der Waals surface area (Å²) in [5.41, 5.74) is 6.60. The molecular weight excluding hydrogens is 278 g/mol. The van der Waals surface area contributed by atoms with Gasteiger partial charge in [-0.25, -0.2) is 0 Å². The summed E-state index contributed by atoms with van der Waals surface area (Å²) < 4.78 is 6.15. The summed E-state index contributed by atoms with van der Waals surface area (Å²) >= 11 is 7.92. The molecule has 0 aromatic carbocycles. The average molecular weight is 300 g/mol. The van der Waals surface area contributed by atoms with Crippen LogP contribution in [0.15, 0.2) is 11.4 Å². The molecule has 3 rings (SSSR count). The van der Waals surface area contributed by atoms with Crippen LogP contribution >= 0.6 is 22.9 Å². The van der Waals surface area contributed by atoms with Gasteiger partial charge in [-0.15, -0.1) is 11.3 Å². The Morgan fingerprint density at radius 2 is 2.16 bits per heavy atom. The first-order chi connectivity index (χ1) is 9.20. The van der Waals surface area contributed by atoms with E-state index in [0.29, 0.717) is 5.92 Å². The van der Waals surface area contributed by atoms with Gasteiger partial charge < -0.3 is 10.5 Å². The Hall–Kier alpha value is -0.0900.